The minimum atomic E-state index is -0.343. The smallest absolute Gasteiger partial charge is 0.228 e. The standard InChI is InChI=1S/C21H30N4O3.ClH/c1-2-15-5-7-18(8-6-15)25-14-17(12-19(25)26)21(28)24-11-3-4-16(13-24)20(27)23-10-9-22;/h5-8,16-17H,2-4,9-14,22H2,1H3,(H,23,27);1H. The third kappa shape index (κ3) is 5.48. The van der Waals surface area contributed by atoms with Gasteiger partial charge in [-0.15, -0.1) is 12.4 Å². The number of rotatable bonds is 6. The summed E-state index contributed by atoms with van der Waals surface area (Å²) in [7, 11) is 0. The molecule has 1 aromatic carbocycles. The number of halogens is 1. The van der Waals surface area contributed by atoms with Gasteiger partial charge in [0, 0.05) is 44.8 Å². The van der Waals surface area contributed by atoms with Crippen LogP contribution in [0.5, 0.6) is 0 Å². The van der Waals surface area contributed by atoms with E-state index < -0.39 is 0 Å². The van der Waals surface area contributed by atoms with Gasteiger partial charge in [-0.2, -0.15) is 0 Å². The van der Waals surface area contributed by atoms with Crippen molar-refractivity contribution in [3.05, 3.63) is 29.8 Å². The van der Waals surface area contributed by atoms with Crippen molar-refractivity contribution in [2.75, 3.05) is 37.6 Å². The molecular formula is C21H31ClN4O3. The third-order valence-electron chi connectivity index (χ3n) is 5.68. The Morgan fingerprint density at radius 1 is 1.17 bits per heavy atom. The van der Waals surface area contributed by atoms with Crippen LogP contribution in [0.25, 0.3) is 0 Å². The van der Waals surface area contributed by atoms with Crippen LogP contribution in [0.1, 0.15) is 31.7 Å². The molecule has 2 aliphatic heterocycles. The molecule has 3 amide bonds. The van der Waals surface area contributed by atoms with E-state index in [1.807, 2.05) is 24.3 Å². The maximum absolute atomic E-state index is 13.0. The second-order valence-corrected chi connectivity index (χ2v) is 7.63. The van der Waals surface area contributed by atoms with Crippen molar-refractivity contribution in [1.29, 1.82) is 0 Å². The molecule has 3 rings (SSSR count). The van der Waals surface area contributed by atoms with Gasteiger partial charge in [-0.05, 0) is 37.0 Å². The Morgan fingerprint density at radius 2 is 1.90 bits per heavy atom. The molecule has 0 spiro atoms. The van der Waals surface area contributed by atoms with E-state index in [0.717, 1.165) is 24.9 Å². The Hall–Kier alpha value is -2.12. The van der Waals surface area contributed by atoms with Gasteiger partial charge in [-0.1, -0.05) is 19.1 Å². The number of hydrogen-bond acceptors (Lipinski definition) is 4. The number of nitrogens with zero attached hydrogens (tertiary/aromatic N) is 2. The summed E-state index contributed by atoms with van der Waals surface area (Å²) in [5.74, 6) is -0.611. The zero-order valence-corrected chi connectivity index (χ0v) is 17.7. The second-order valence-electron chi connectivity index (χ2n) is 7.63. The van der Waals surface area contributed by atoms with Crippen LogP contribution in [0, 0.1) is 11.8 Å². The molecule has 7 nitrogen and oxygen atoms in total. The average Bonchev–Trinajstić information content (AvgIpc) is 3.13. The molecule has 0 saturated carbocycles. The zero-order chi connectivity index (χ0) is 20.1. The van der Waals surface area contributed by atoms with E-state index in [-0.39, 0.29) is 48.4 Å². The van der Waals surface area contributed by atoms with Crippen molar-refractivity contribution in [1.82, 2.24) is 10.2 Å². The quantitative estimate of drug-likeness (QED) is 0.723. The Labute approximate surface area is 178 Å². The number of nitrogens with two attached hydrogens (primary N) is 1. The molecule has 8 heteroatoms. The molecular weight excluding hydrogens is 392 g/mol. The molecule has 0 aromatic heterocycles. The van der Waals surface area contributed by atoms with Crippen molar-refractivity contribution in [3.8, 4) is 0 Å². The summed E-state index contributed by atoms with van der Waals surface area (Å²) in [6.45, 7) is 4.42. The lowest BCUT2D eigenvalue weighted by Gasteiger charge is -2.33. The molecule has 3 N–H and O–H groups in total. The highest BCUT2D eigenvalue weighted by Crippen LogP contribution is 2.28. The van der Waals surface area contributed by atoms with Crippen LogP contribution in [-0.2, 0) is 20.8 Å². The van der Waals surface area contributed by atoms with Gasteiger partial charge in [0.15, 0.2) is 0 Å². The van der Waals surface area contributed by atoms with E-state index in [0.29, 0.717) is 32.7 Å². The van der Waals surface area contributed by atoms with E-state index in [1.165, 1.54) is 5.56 Å². The number of aryl methyl sites for hydroxylation is 1. The lowest BCUT2D eigenvalue weighted by molar-refractivity contribution is -0.139. The Morgan fingerprint density at radius 3 is 2.55 bits per heavy atom. The van der Waals surface area contributed by atoms with Crippen LogP contribution in [-0.4, -0.2) is 55.3 Å². The van der Waals surface area contributed by atoms with Crippen LogP contribution in [0.3, 0.4) is 0 Å². The summed E-state index contributed by atoms with van der Waals surface area (Å²) in [5.41, 5.74) is 7.50. The fourth-order valence-electron chi connectivity index (χ4n) is 4.02. The highest BCUT2D eigenvalue weighted by atomic mass is 35.5. The minimum absolute atomic E-state index is 0. The molecule has 2 aliphatic rings. The van der Waals surface area contributed by atoms with Gasteiger partial charge in [-0.25, -0.2) is 0 Å². The Bertz CT molecular complexity index is 725. The van der Waals surface area contributed by atoms with E-state index in [1.54, 1.807) is 9.80 Å². The molecule has 160 valence electrons. The predicted octanol–water partition coefficient (Wildman–Crippen LogP) is 1.34. The van der Waals surface area contributed by atoms with Crippen molar-refractivity contribution in [3.63, 3.8) is 0 Å². The molecule has 0 aliphatic carbocycles. The first-order valence-corrected chi connectivity index (χ1v) is 10.2. The van der Waals surface area contributed by atoms with Crippen LogP contribution in [0.4, 0.5) is 5.69 Å². The lowest BCUT2D eigenvalue weighted by Crippen LogP contribution is -2.48. The summed E-state index contributed by atoms with van der Waals surface area (Å²) < 4.78 is 0. The largest absolute Gasteiger partial charge is 0.355 e. The summed E-state index contributed by atoms with van der Waals surface area (Å²) in [4.78, 5) is 41.2. The number of benzene rings is 1. The van der Waals surface area contributed by atoms with Crippen LogP contribution in [0.2, 0.25) is 0 Å². The number of nitrogens with one attached hydrogen (secondary N) is 1. The van der Waals surface area contributed by atoms with E-state index in [9.17, 15) is 14.4 Å². The molecule has 2 unspecified atom stereocenters. The summed E-state index contributed by atoms with van der Waals surface area (Å²) >= 11 is 0. The first-order chi connectivity index (χ1) is 13.5. The lowest BCUT2D eigenvalue weighted by atomic mass is 9.95. The van der Waals surface area contributed by atoms with Gasteiger partial charge in [-0.3, -0.25) is 14.4 Å². The maximum Gasteiger partial charge on any atom is 0.228 e. The number of anilines is 1. The zero-order valence-electron chi connectivity index (χ0n) is 16.9. The maximum atomic E-state index is 13.0. The van der Waals surface area contributed by atoms with Crippen LogP contribution in [0.15, 0.2) is 24.3 Å². The number of carbonyl (C=O) groups is 3. The molecule has 1 aromatic rings. The third-order valence-corrected chi connectivity index (χ3v) is 5.68. The number of piperidine rings is 1. The van der Waals surface area contributed by atoms with Crippen molar-refractivity contribution in [2.45, 2.75) is 32.6 Å². The summed E-state index contributed by atoms with van der Waals surface area (Å²) in [6, 6.07) is 7.94. The van der Waals surface area contributed by atoms with Gasteiger partial charge >= 0.3 is 0 Å². The first kappa shape index (κ1) is 23.2. The predicted molar refractivity (Wildman–Crippen MR) is 115 cm³/mol. The molecule has 2 atom stereocenters. The Balaban J connectivity index is 0.00000300. The molecule has 2 saturated heterocycles. The molecule has 2 fully saturated rings. The summed E-state index contributed by atoms with van der Waals surface area (Å²) in [5, 5.41) is 2.81. The highest BCUT2D eigenvalue weighted by Gasteiger charge is 2.39. The minimum Gasteiger partial charge on any atom is -0.355 e. The van der Waals surface area contributed by atoms with Crippen molar-refractivity contribution < 1.29 is 14.4 Å². The van der Waals surface area contributed by atoms with E-state index >= 15 is 0 Å². The SMILES string of the molecule is CCc1ccc(N2CC(C(=O)N3CCCC(C(=O)NCCN)C3)CC2=O)cc1.Cl. The monoisotopic (exact) mass is 422 g/mol. The highest BCUT2D eigenvalue weighted by molar-refractivity contribution is 6.00. The number of hydrogen-bond donors (Lipinski definition) is 2. The van der Waals surface area contributed by atoms with Gasteiger partial charge in [0.1, 0.15) is 0 Å². The Kier molecular flexibility index (Phi) is 8.46. The van der Waals surface area contributed by atoms with Crippen molar-refractivity contribution >= 4 is 35.8 Å². The van der Waals surface area contributed by atoms with Gasteiger partial charge in [0.2, 0.25) is 17.7 Å². The van der Waals surface area contributed by atoms with Gasteiger partial charge in [0.25, 0.3) is 0 Å². The summed E-state index contributed by atoms with van der Waals surface area (Å²) in [6.07, 6.45) is 2.76. The molecule has 29 heavy (non-hydrogen) atoms. The van der Waals surface area contributed by atoms with E-state index in [2.05, 4.69) is 12.2 Å². The van der Waals surface area contributed by atoms with Gasteiger partial charge < -0.3 is 20.9 Å². The van der Waals surface area contributed by atoms with E-state index in [4.69, 9.17) is 5.73 Å². The number of carbonyl (C=O) groups excluding carboxylic acids is 3. The fourth-order valence-corrected chi connectivity index (χ4v) is 4.02. The fraction of sp³-hybridized carbons (Fsp3) is 0.571. The molecule has 2 heterocycles. The first-order valence-electron chi connectivity index (χ1n) is 10.2. The topological polar surface area (TPSA) is 95.7 Å². The van der Waals surface area contributed by atoms with Gasteiger partial charge in [0.05, 0.1) is 11.8 Å². The van der Waals surface area contributed by atoms with Crippen LogP contribution >= 0.6 is 12.4 Å². The number of amides is 3. The normalized spacial score (nSPS) is 21.7. The molecule has 0 bridgehead atoms. The number of likely N-dealkylation sites (tertiary alicyclic amines) is 1. The van der Waals surface area contributed by atoms with Crippen LogP contribution < -0.4 is 16.0 Å². The molecule has 0 radical (unpaired) electrons. The van der Waals surface area contributed by atoms with Crippen molar-refractivity contribution in [2.24, 2.45) is 17.6 Å². The average molecular weight is 423 g/mol. The second kappa shape index (κ2) is 10.6.